The Morgan fingerprint density at radius 1 is 1.30 bits per heavy atom. The van der Waals surface area contributed by atoms with Gasteiger partial charge >= 0.3 is 0 Å². The molecule has 0 unspecified atom stereocenters. The molecule has 0 saturated carbocycles. The van der Waals surface area contributed by atoms with Crippen LogP contribution in [-0.2, 0) is 14.8 Å². The van der Waals surface area contributed by atoms with Gasteiger partial charge in [0.25, 0.3) is 0 Å². The first kappa shape index (κ1) is 17.2. The maximum atomic E-state index is 12.4. The van der Waals surface area contributed by atoms with Crippen LogP contribution in [0.3, 0.4) is 0 Å². The van der Waals surface area contributed by atoms with Gasteiger partial charge in [0.1, 0.15) is 5.88 Å². The van der Waals surface area contributed by atoms with Crippen LogP contribution in [-0.4, -0.2) is 37.6 Å². The number of amides is 1. The maximum Gasteiger partial charge on any atom is 0.243 e. The van der Waals surface area contributed by atoms with Crippen LogP contribution >= 0.6 is 23.2 Å². The number of carbonyl (C=O) groups excluding carboxylic acids is 1. The van der Waals surface area contributed by atoms with Crippen molar-refractivity contribution in [2.75, 3.05) is 24.3 Å². The van der Waals surface area contributed by atoms with Gasteiger partial charge in [-0.3, -0.25) is 4.79 Å². The molecule has 0 bridgehead atoms. The van der Waals surface area contributed by atoms with Gasteiger partial charge in [0.2, 0.25) is 15.9 Å². The highest BCUT2D eigenvalue weighted by Crippen LogP contribution is 2.27. The van der Waals surface area contributed by atoms with Gasteiger partial charge in [-0.25, -0.2) is 8.42 Å². The fraction of sp³-hybridized carbons (Fsp3) is 0.417. The molecule has 0 atom stereocenters. The largest absolute Gasteiger partial charge is 0.324 e. The number of hydrogen-bond donors (Lipinski definition) is 1. The predicted molar refractivity (Wildman–Crippen MR) is 80.9 cm³/mol. The van der Waals surface area contributed by atoms with Crippen molar-refractivity contribution in [3.8, 4) is 0 Å². The molecular weight excluding hydrogens is 323 g/mol. The highest BCUT2D eigenvalue weighted by atomic mass is 35.5. The number of rotatable bonds is 6. The van der Waals surface area contributed by atoms with Crippen molar-refractivity contribution in [2.45, 2.75) is 18.7 Å². The predicted octanol–water partition coefficient (Wildman–Crippen LogP) is 2.55. The first-order valence-corrected chi connectivity index (χ1v) is 8.37. The Morgan fingerprint density at radius 2 is 1.90 bits per heavy atom. The molecule has 0 aromatic heterocycles. The lowest BCUT2D eigenvalue weighted by atomic mass is 10.3. The monoisotopic (exact) mass is 338 g/mol. The molecule has 0 heterocycles. The number of alkyl halides is 1. The van der Waals surface area contributed by atoms with Crippen molar-refractivity contribution < 1.29 is 13.2 Å². The number of carbonyl (C=O) groups is 1. The molecule has 1 aromatic rings. The Kier molecular flexibility index (Phi) is 6.26. The van der Waals surface area contributed by atoms with E-state index in [1.54, 1.807) is 13.8 Å². The summed E-state index contributed by atoms with van der Waals surface area (Å²) in [4.78, 5) is 11.4. The van der Waals surface area contributed by atoms with Gasteiger partial charge in [-0.2, -0.15) is 4.31 Å². The normalized spacial score (nSPS) is 11.7. The molecule has 5 nitrogen and oxygen atoms in total. The van der Waals surface area contributed by atoms with Gasteiger partial charge in [0.05, 0.1) is 15.6 Å². The Morgan fingerprint density at radius 3 is 2.40 bits per heavy atom. The molecule has 1 N–H and O–H groups in total. The van der Waals surface area contributed by atoms with Crippen LogP contribution in [0, 0.1) is 0 Å². The third kappa shape index (κ3) is 3.85. The van der Waals surface area contributed by atoms with Gasteiger partial charge in [0, 0.05) is 13.1 Å². The lowest BCUT2D eigenvalue weighted by Gasteiger charge is -2.19. The lowest BCUT2D eigenvalue weighted by Crippen LogP contribution is -2.30. The molecule has 1 amide bonds. The number of benzene rings is 1. The summed E-state index contributed by atoms with van der Waals surface area (Å²) in [5.74, 6) is -0.686. The summed E-state index contributed by atoms with van der Waals surface area (Å²) in [6.45, 7) is 4.25. The molecule has 0 radical (unpaired) electrons. The van der Waals surface area contributed by atoms with E-state index in [-0.39, 0.29) is 21.5 Å². The topological polar surface area (TPSA) is 66.5 Å². The van der Waals surface area contributed by atoms with Crippen molar-refractivity contribution in [1.29, 1.82) is 0 Å². The average Bonchev–Trinajstić information content (AvgIpc) is 2.41. The van der Waals surface area contributed by atoms with Gasteiger partial charge in [-0.1, -0.05) is 25.4 Å². The Labute approximate surface area is 128 Å². The minimum atomic E-state index is -3.59. The fourth-order valence-corrected chi connectivity index (χ4v) is 3.37. The van der Waals surface area contributed by atoms with Crippen molar-refractivity contribution >= 4 is 44.8 Å². The smallest absolute Gasteiger partial charge is 0.243 e. The van der Waals surface area contributed by atoms with E-state index < -0.39 is 15.9 Å². The van der Waals surface area contributed by atoms with E-state index in [4.69, 9.17) is 23.2 Å². The minimum absolute atomic E-state index is 0.0791. The van der Waals surface area contributed by atoms with Crippen molar-refractivity contribution in [3.05, 3.63) is 23.2 Å². The van der Waals surface area contributed by atoms with Crippen molar-refractivity contribution in [3.63, 3.8) is 0 Å². The molecule has 0 saturated heterocycles. The summed E-state index contributed by atoms with van der Waals surface area (Å²) >= 11 is 11.3. The zero-order valence-corrected chi connectivity index (χ0v) is 13.5. The molecule has 1 rings (SSSR count). The van der Waals surface area contributed by atoms with Crippen LogP contribution < -0.4 is 5.32 Å². The van der Waals surface area contributed by atoms with E-state index in [1.165, 1.54) is 22.5 Å². The van der Waals surface area contributed by atoms with Crippen molar-refractivity contribution in [1.82, 2.24) is 4.31 Å². The molecular formula is C12H16Cl2N2O3S. The fourth-order valence-electron chi connectivity index (χ4n) is 1.66. The van der Waals surface area contributed by atoms with Crippen LogP contribution in [0.5, 0.6) is 0 Å². The van der Waals surface area contributed by atoms with E-state index in [1.807, 2.05) is 0 Å². The Bertz CT molecular complexity index is 586. The summed E-state index contributed by atoms with van der Waals surface area (Å²) in [5, 5.41) is 2.71. The number of anilines is 1. The molecule has 0 aliphatic rings. The molecule has 0 aliphatic heterocycles. The minimum Gasteiger partial charge on any atom is -0.324 e. The first-order valence-electron chi connectivity index (χ1n) is 6.02. The summed E-state index contributed by atoms with van der Waals surface area (Å²) in [6.07, 6.45) is 0. The van der Waals surface area contributed by atoms with Gasteiger partial charge in [0.15, 0.2) is 0 Å². The van der Waals surface area contributed by atoms with E-state index >= 15 is 0 Å². The molecule has 112 valence electrons. The number of sulfonamides is 1. The standard InChI is InChI=1S/C12H16Cl2N2O3S/c1-3-16(4-2)20(18,19)9-5-6-10(14)11(7-9)15-12(17)8-13/h5-7H,3-4,8H2,1-2H3,(H,15,17). The zero-order chi connectivity index (χ0) is 15.3. The number of nitrogens with one attached hydrogen (secondary N) is 1. The quantitative estimate of drug-likeness (QED) is 0.810. The number of halogens is 2. The maximum absolute atomic E-state index is 12.4. The Hall–Kier alpha value is -0.820. The molecule has 20 heavy (non-hydrogen) atoms. The third-order valence-electron chi connectivity index (χ3n) is 2.68. The second kappa shape index (κ2) is 7.26. The third-order valence-corrected chi connectivity index (χ3v) is 5.29. The second-order valence-corrected chi connectivity index (χ2v) is 6.53. The summed E-state index contributed by atoms with van der Waals surface area (Å²) < 4.78 is 26.0. The van der Waals surface area contributed by atoms with E-state index in [2.05, 4.69) is 5.32 Å². The molecule has 0 fully saturated rings. The number of hydrogen-bond acceptors (Lipinski definition) is 3. The second-order valence-electron chi connectivity index (χ2n) is 3.91. The SMILES string of the molecule is CCN(CC)S(=O)(=O)c1ccc(Cl)c(NC(=O)CCl)c1. The van der Waals surface area contributed by atoms with Crippen LogP contribution in [0.4, 0.5) is 5.69 Å². The van der Waals surface area contributed by atoms with Crippen LogP contribution in [0.15, 0.2) is 23.1 Å². The highest BCUT2D eigenvalue weighted by Gasteiger charge is 2.22. The van der Waals surface area contributed by atoms with E-state index in [9.17, 15) is 13.2 Å². The molecule has 8 heteroatoms. The highest BCUT2D eigenvalue weighted by molar-refractivity contribution is 7.89. The van der Waals surface area contributed by atoms with E-state index in [0.29, 0.717) is 13.1 Å². The van der Waals surface area contributed by atoms with Crippen LogP contribution in [0.1, 0.15) is 13.8 Å². The van der Waals surface area contributed by atoms with E-state index in [0.717, 1.165) is 0 Å². The number of nitrogens with zero attached hydrogens (tertiary/aromatic N) is 1. The van der Waals surface area contributed by atoms with Gasteiger partial charge in [-0.15, -0.1) is 11.6 Å². The molecule has 1 aromatic carbocycles. The lowest BCUT2D eigenvalue weighted by molar-refractivity contribution is -0.113. The van der Waals surface area contributed by atoms with Gasteiger partial charge in [-0.05, 0) is 18.2 Å². The first-order chi connectivity index (χ1) is 9.36. The Balaban J connectivity index is 3.21. The van der Waals surface area contributed by atoms with Crippen molar-refractivity contribution in [2.24, 2.45) is 0 Å². The zero-order valence-electron chi connectivity index (χ0n) is 11.2. The van der Waals surface area contributed by atoms with Crippen LogP contribution in [0.2, 0.25) is 5.02 Å². The summed E-state index contributed by atoms with van der Waals surface area (Å²) in [7, 11) is -3.59. The summed E-state index contributed by atoms with van der Waals surface area (Å²) in [5.41, 5.74) is 0.227. The average molecular weight is 339 g/mol. The van der Waals surface area contributed by atoms with Gasteiger partial charge < -0.3 is 5.32 Å². The van der Waals surface area contributed by atoms with Crippen LogP contribution in [0.25, 0.3) is 0 Å². The molecule has 0 aliphatic carbocycles. The molecule has 0 spiro atoms. The summed E-state index contributed by atoms with van der Waals surface area (Å²) in [6, 6.07) is 4.18.